The standard InChI is InChI=1S/C24H19ClN6O/c25-19-7-5-16(6-8-19)14-30-15-18(20-3-1-2-4-22(20)30)11-17(12-26)23-21(13-27)24(28)31(29-23)9-10-32/h1-8,11,15,32H,9-10,14,28H2/b17-11+. The lowest BCUT2D eigenvalue weighted by atomic mass is 10.1. The van der Waals surface area contributed by atoms with E-state index in [1.807, 2.05) is 60.8 Å². The van der Waals surface area contributed by atoms with E-state index in [1.54, 1.807) is 6.08 Å². The Hall–Kier alpha value is -4.04. The third-order valence-electron chi connectivity index (χ3n) is 5.18. The highest BCUT2D eigenvalue weighted by Gasteiger charge is 2.19. The van der Waals surface area contributed by atoms with Gasteiger partial charge >= 0.3 is 0 Å². The number of benzene rings is 2. The predicted molar refractivity (Wildman–Crippen MR) is 124 cm³/mol. The minimum atomic E-state index is -0.181. The molecule has 0 saturated carbocycles. The van der Waals surface area contributed by atoms with Crippen LogP contribution in [0.2, 0.25) is 5.02 Å². The zero-order valence-corrected chi connectivity index (χ0v) is 17.8. The van der Waals surface area contributed by atoms with Gasteiger partial charge in [-0.3, -0.25) is 0 Å². The van der Waals surface area contributed by atoms with Gasteiger partial charge in [-0.25, -0.2) is 4.68 Å². The van der Waals surface area contributed by atoms with Gasteiger partial charge in [-0.2, -0.15) is 15.6 Å². The van der Waals surface area contributed by atoms with Crippen molar-refractivity contribution in [2.24, 2.45) is 0 Å². The van der Waals surface area contributed by atoms with E-state index in [2.05, 4.69) is 15.7 Å². The molecule has 158 valence electrons. The van der Waals surface area contributed by atoms with Crippen LogP contribution in [0, 0.1) is 22.7 Å². The monoisotopic (exact) mass is 442 g/mol. The maximum absolute atomic E-state index is 9.84. The SMILES string of the molecule is N#C/C(=C\c1cn(Cc2ccc(Cl)cc2)c2ccccc12)c1nn(CCO)c(N)c1C#N. The maximum Gasteiger partial charge on any atom is 0.140 e. The number of nitrogen functional groups attached to an aromatic ring is 1. The van der Waals surface area contributed by atoms with Gasteiger partial charge in [0.05, 0.1) is 18.7 Å². The van der Waals surface area contributed by atoms with Crippen LogP contribution >= 0.6 is 11.6 Å². The molecule has 2 heterocycles. The number of rotatable bonds is 6. The Bertz CT molecular complexity index is 1400. The number of para-hydroxylation sites is 1. The molecule has 0 radical (unpaired) electrons. The number of allylic oxidation sites excluding steroid dienone is 1. The lowest BCUT2D eigenvalue weighted by molar-refractivity contribution is 0.270. The Balaban J connectivity index is 1.81. The molecule has 2 aromatic heterocycles. The summed E-state index contributed by atoms with van der Waals surface area (Å²) in [7, 11) is 0. The summed E-state index contributed by atoms with van der Waals surface area (Å²) in [6.45, 7) is 0.592. The van der Waals surface area contributed by atoms with Gasteiger partial charge in [-0.05, 0) is 29.8 Å². The van der Waals surface area contributed by atoms with Gasteiger partial charge in [0.25, 0.3) is 0 Å². The number of aromatic nitrogens is 3. The molecule has 0 aliphatic heterocycles. The van der Waals surface area contributed by atoms with Crippen LogP contribution in [0.3, 0.4) is 0 Å². The molecule has 4 aromatic rings. The Kier molecular flexibility index (Phi) is 5.96. The average Bonchev–Trinajstić information content (AvgIpc) is 3.31. The first-order valence-electron chi connectivity index (χ1n) is 9.87. The van der Waals surface area contributed by atoms with E-state index < -0.39 is 0 Å². The maximum atomic E-state index is 9.84. The topological polar surface area (TPSA) is 117 Å². The second-order valence-electron chi connectivity index (χ2n) is 7.19. The van der Waals surface area contributed by atoms with Crippen LogP contribution in [-0.2, 0) is 13.1 Å². The zero-order chi connectivity index (χ0) is 22.7. The molecule has 7 nitrogen and oxygen atoms in total. The summed E-state index contributed by atoms with van der Waals surface area (Å²) in [6, 6.07) is 19.7. The summed E-state index contributed by atoms with van der Waals surface area (Å²) >= 11 is 6.00. The predicted octanol–water partition coefficient (Wildman–Crippen LogP) is 4.05. The summed E-state index contributed by atoms with van der Waals surface area (Å²) < 4.78 is 3.44. The quantitative estimate of drug-likeness (QED) is 0.437. The van der Waals surface area contributed by atoms with E-state index in [-0.39, 0.29) is 35.8 Å². The Morgan fingerprint density at radius 2 is 1.91 bits per heavy atom. The van der Waals surface area contributed by atoms with E-state index >= 15 is 0 Å². The number of nitrogens with two attached hydrogens (primary N) is 1. The molecule has 3 N–H and O–H groups in total. The fraction of sp³-hybridized carbons (Fsp3) is 0.125. The molecule has 0 amide bonds. The summed E-state index contributed by atoms with van der Waals surface area (Å²) in [5, 5.41) is 34.6. The van der Waals surface area contributed by atoms with E-state index in [0.29, 0.717) is 11.6 Å². The molecule has 32 heavy (non-hydrogen) atoms. The highest BCUT2D eigenvalue weighted by molar-refractivity contribution is 6.30. The van der Waals surface area contributed by atoms with Gasteiger partial charge in [-0.15, -0.1) is 0 Å². The molecule has 8 heteroatoms. The number of hydrogen-bond acceptors (Lipinski definition) is 5. The van der Waals surface area contributed by atoms with Gasteiger partial charge in [-0.1, -0.05) is 41.9 Å². The second kappa shape index (κ2) is 8.99. The van der Waals surface area contributed by atoms with Crippen molar-refractivity contribution in [1.29, 1.82) is 10.5 Å². The number of nitrogens with zero attached hydrogens (tertiary/aromatic N) is 5. The third kappa shape index (κ3) is 3.95. The van der Waals surface area contributed by atoms with Crippen molar-refractivity contribution in [3.63, 3.8) is 0 Å². The van der Waals surface area contributed by atoms with Gasteiger partial charge in [0.2, 0.25) is 0 Å². The summed E-state index contributed by atoms with van der Waals surface area (Å²) in [4.78, 5) is 0. The lowest BCUT2D eigenvalue weighted by Crippen LogP contribution is -2.07. The Labute approximate surface area is 189 Å². The first-order chi connectivity index (χ1) is 15.5. The van der Waals surface area contributed by atoms with Crippen LogP contribution in [0.1, 0.15) is 22.4 Å². The van der Waals surface area contributed by atoms with Crippen molar-refractivity contribution >= 4 is 40.0 Å². The minimum absolute atomic E-state index is 0.121. The van der Waals surface area contributed by atoms with Crippen LogP contribution in [0.5, 0.6) is 0 Å². The van der Waals surface area contributed by atoms with Crippen molar-refractivity contribution < 1.29 is 5.11 Å². The van der Waals surface area contributed by atoms with Crippen LogP contribution in [0.25, 0.3) is 22.6 Å². The number of hydrogen-bond donors (Lipinski definition) is 2. The Morgan fingerprint density at radius 3 is 2.59 bits per heavy atom. The van der Waals surface area contributed by atoms with E-state index in [9.17, 15) is 15.6 Å². The van der Waals surface area contributed by atoms with Gasteiger partial charge in [0.15, 0.2) is 0 Å². The van der Waals surface area contributed by atoms with Crippen molar-refractivity contribution in [3.8, 4) is 12.1 Å². The molecular formula is C24H19ClN6O. The fourth-order valence-electron chi connectivity index (χ4n) is 3.66. The molecular weight excluding hydrogens is 424 g/mol. The van der Waals surface area contributed by atoms with Gasteiger partial charge < -0.3 is 15.4 Å². The minimum Gasteiger partial charge on any atom is -0.394 e. The number of aliphatic hydroxyl groups is 1. The summed E-state index contributed by atoms with van der Waals surface area (Å²) in [6.07, 6.45) is 3.68. The molecule has 0 fully saturated rings. The largest absolute Gasteiger partial charge is 0.394 e. The van der Waals surface area contributed by atoms with Crippen molar-refractivity contribution in [1.82, 2.24) is 14.3 Å². The normalized spacial score (nSPS) is 11.4. The molecule has 0 saturated heterocycles. The molecule has 0 atom stereocenters. The Morgan fingerprint density at radius 1 is 1.16 bits per heavy atom. The van der Waals surface area contributed by atoms with Crippen LogP contribution in [0.4, 0.5) is 5.82 Å². The molecule has 0 aliphatic carbocycles. The molecule has 4 rings (SSSR count). The molecule has 0 spiro atoms. The number of fused-ring (bicyclic) bond motifs is 1. The van der Waals surface area contributed by atoms with Crippen LogP contribution in [-0.4, -0.2) is 26.1 Å². The van der Waals surface area contributed by atoms with E-state index in [1.165, 1.54) is 4.68 Å². The number of anilines is 1. The summed E-state index contributed by atoms with van der Waals surface area (Å²) in [5.74, 6) is 0.128. The van der Waals surface area contributed by atoms with Crippen LogP contribution in [0.15, 0.2) is 54.7 Å². The van der Waals surface area contributed by atoms with Crippen molar-refractivity contribution in [3.05, 3.63) is 82.1 Å². The molecule has 0 aliphatic rings. The number of nitriles is 2. The molecule has 2 aromatic carbocycles. The molecule has 0 bridgehead atoms. The van der Waals surface area contributed by atoms with Gasteiger partial charge in [0, 0.05) is 34.2 Å². The third-order valence-corrected chi connectivity index (χ3v) is 5.43. The number of aliphatic hydroxyl groups excluding tert-OH is 1. The molecule has 0 unspecified atom stereocenters. The van der Waals surface area contributed by atoms with Crippen molar-refractivity contribution in [2.45, 2.75) is 13.1 Å². The first kappa shape index (κ1) is 21.2. The van der Waals surface area contributed by atoms with E-state index in [4.69, 9.17) is 17.3 Å². The fourth-order valence-corrected chi connectivity index (χ4v) is 3.78. The summed E-state index contributed by atoms with van der Waals surface area (Å²) in [5.41, 5.74) is 9.47. The highest BCUT2D eigenvalue weighted by atomic mass is 35.5. The smallest absolute Gasteiger partial charge is 0.140 e. The second-order valence-corrected chi connectivity index (χ2v) is 7.63. The van der Waals surface area contributed by atoms with Crippen molar-refractivity contribution in [2.75, 3.05) is 12.3 Å². The first-order valence-corrected chi connectivity index (χ1v) is 10.2. The van der Waals surface area contributed by atoms with Crippen LogP contribution < -0.4 is 5.73 Å². The average molecular weight is 443 g/mol. The van der Waals surface area contributed by atoms with Gasteiger partial charge in [0.1, 0.15) is 29.2 Å². The number of halogens is 1. The highest BCUT2D eigenvalue weighted by Crippen LogP contribution is 2.29. The lowest BCUT2D eigenvalue weighted by Gasteiger charge is -2.05. The van der Waals surface area contributed by atoms with E-state index in [0.717, 1.165) is 22.0 Å². The zero-order valence-electron chi connectivity index (χ0n) is 17.0.